The van der Waals surface area contributed by atoms with Crippen LogP contribution in [0.5, 0.6) is 0 Å². The highest BCUT2D eigenvalue weighted by Gasteiger charge is 2.13. The van der Waals surface area contributed by atoms with E-state index in [1.807, 2.05) is 0 Å². The Bertz CT molecular complexity index is 419. The first kappa shape index (κ1) is 7.71. The maximum Gasteiger partial charge on any atom is 0.316 e. The fraction of sp³-hybridized carbons (Fsp3) is 0. The summed E-state index contributed by atoms with van der Waals surface area (Å²) in [5.74, 6) is 11.2. The van der Waals surface area contributed by atoms with E-state index in [1.54, 1.807) is 6.33 Å². The molecular formula is C5H9N8+. The van der Waals surface area contributed by atoms with Crippen LogP contribution in [0.3, 0.4) is 0 Å². The molecule has 0 bridgehead atoms. The number of H-pyrrole nitrogens is 2. The Morgan fingerprint density at radius 1 is 1.31 bits per heavy atom. The third kappa shape index (κ3) is 1.13. The highest BCUT2D eigenvalue weighted by Crippen LogP contribution is 2.14. The summed E-state index contributed by atoms with van der Waals surface area (Å²) in [5, 5.41) is 0. The second kappa shape index (κ2) is 2.84. The molecule has 0 atom stereocenters. The lowest BCUT2D eigenvalue weighted by atomic mass is 10.5. The lowest BCUT2D eigenvalue weighted by molar-refractivity contribution is -0.347. The van der Waals surface area contributed by atoms with Crippen LogP contribution in [-0.4, -0.2) is 15.0 Å². The van der Waals surface area contributed by atoms with Gasteiger partial charge in [0.05, 0.1) is 0 Å². The van der Waals surface area contributed by atoms with Crippen molar-refractivity contribution >= 4 is 22.9 Å². The van der Waals surface area contributed by atoms with Crippen molar-refractivity contribution in [2.24, 2.45) is 11.7 Å². The van der Waals surface area contributed by atoms with Gasteiger partial charge in [-0.2, -0.15) is 4.98 Å². The van der Waals surface area contributed by atoms with Gasteiger partial charge in [0, 0.05) is 0 Å². The van der Waals surface area contributed by atoms with Crippen LogP contribution in [0, 0.1) is 0 Å². The summed E-state index contributed by atoms with van der Waals surface area (Å²) in [6, 6.07) is 0. The Hall–Kier alpha value is -1.93. The van der Waals surface area contributed by atoms with Crippen LogP contribution >= 0.6 is 0 Å². The van der Waals surface area contributed by atoms with Crippen molar-refractivity contribution in [3.8, 4) is 0 Å². The van der Waals surface area contributed by atoms with Crippen molar-refractivity contribution in [1.29, 1.82) is 0 Å². The average molecular weight is 181 g/mol. The molecule has 68 valence electrons. The average Bonchev–Trinajstić information content (AvgIpc) is 2.63. The molecule has 8 N–H and O–H groups in total. The molecule has 13 heavy (non-hydrogen) atoms. The quantitative estimate of drug-likeness (QED) is 0.278. The molecule has 0 saturated heterocycles. The number of aromatic amines is 2. The molecule has 0 aliphatic heterocycles. The standard InChI is InChI=1S/C5H8N8/c6-12-4-2-3(9-1-8-2)10-5(11-4)13-7/h1H,6-7H2,(H3,8,9,10,11,12,13)/p+1. The van der Waals surface area contributed by atoms with E-state index in [9.17, 15) is 0 Å². The van der Waals surface area contributed by atoms with Crippen molar-refractivity contribution in [2.45, 2.75) is 0 Å². The Morgan fingerprint density at radius 3 is 2.85 bits per heavy atom. The zero-order valence-electron chi connectivity index (χ0n) is 6.63. The first-order chi connectivity index (χ1) is 6.35. The predicted molar refractivity (Wildman–Crippen MR) is 46.1 cm³/mol. The molecule has 0 aromatic carbocycles. The molecule has 2 aromatic rings. The van der Waals surface area contributed by atoms with Crippen molar-refractivity contribution < 1.29 is 4.98 Å². The molecule has 0 radical (unpaired) electrons. The first-order valence-corrected chi connectivity index (χ1v) is 3.55. The minimum atomic E-state index is 0.288. The van der Waals surface area contributed by atoms with Crippen molar-refractivity contribution in [3.63, 3.8) is 0 Å². The van der Waals surface area contributed by atoms with Crippen molar-refractivity contribution in [2.75, 3.05) is 10.9 Å². The van der Waals surface area contributed by atoms with Crippen LogP contribution in [0.4, 0.5) is 11.8 Å². The van der Waals surface area contributed by atoms with Gasteiger partial charge in [-0.1, -0.05) is 4.98 Å². The van der Waals surface area contributed by atoms with E-state index >= 15 is 0 Å². The lowest BCUT2D eigenvalue weighted by Gasteiger charge is -1.98. The highest BCUT2D eigenvalue weighted by molar-refractivity contribution is 5.80. The number of hydrogen-bond donors (Lipinski definition) is 5. The van der Waals surface area contributed by atoms with Crippen LogP contribution < -0.4 is 27.5 Å². The molecular weight excluding hydrogens is 172 g/mol. The van der Waals surface area contributed by atoms with Gasteiger partial charge in [0.15, 0.2) is 12.1 Å². The van der Waals surface area contributed by atoms with E-state index < -0.39 is 0 Å². The van der Waals surface area contributed by atoms with Gasteiger partial charge in [-0.05, 0) is 0 Å². The van der Waals surface area contributed by atoms with Gasteiger partial charge in [-0.3, -0.25) is 10.4 Å². The number of imidazole rings is 1. The minimum Gasteiger partial charge on any atom is -0.305 e. The van der Waals surface area contributed by atoms with E-state index in [1.165, 1.54) is 0 Å². The van der Waals surface area contributed by atoms with Crippen molar-refractivity contribution in [3.05, 3.63) is 6.33 Å². The van der Waals surface area contributed by atoms with E-state index in [0.717, 1.165) is 0 Å². The number of nitrogens with one attached hydrogen (secondary N) is 4. The van der Waals surface area contributed by atoms with Crippen LogP contribution in [0.15, 0.2) is 6.33 Å². The molecule has 2 aromatic heterocycles. The Labute approximate surface area is 72.7 Å². The molecule has 8 heteroatoms. The first-order valence-electron chi connectivity index (χ1n) is 3.55. The smallest absolute Gasteiger partial charge is 0.305 e. The van der Waals surface area contributed by atoms with Gasteiger partial charge in [0.2, 0.25) is 5.52 Å². The number of nitrogens with zero attached hydrogens (tertiary/aromatic N) is 2. The predicted octanol–water partition coefficient (Wildman–Crippen LogP) is -1.66. The summed E-state index contributed by atoms with van der Waals surface area (Å²) >= 11 is 0. The third-order valence-electron chi connectivity index (χ3n) is 1.60. The van der Waals surface area contributed by atoms with Gasteiger partial charge in [-0.25, -0.2) is 16.7 Å². The van der Waals surface area contributed by atoms with Gasteiger partial charge >= 0.3 is 11.6 Å². The summed E-state index contributed by atoms with van der Waals surface area (Å²) in [6.07, 6.45) is 1.63. The maximum absolute atomic E-state index is 5.26. The third-order valence-corrected chi connectivity index (χ3v) is 1.60. The molecule has 0 aliphatic rings. The number of fused-ring (bicyclic) bond motifs is 1. The molecule has 8 nitrogen and oxygen atoms in total. The molecule has 2 heterocycles. The maximum atomic E-state index is 5.26. The number of rotatable bonds is 2. The largest absolute Gasteiger partial charge is 0.316 e. The van der Waals surface area contributed by atoms with E-state index in [-0.39, 0.29) is 5.95 Å². The summed E-state index contributed by atoms with van der Waals surface area (Å²) in [7, 11) is 0. The summed E-state index contributed by atoms with van der Waals surface area (Å²) in [4.78, 5) is 13.8. The Kier molecular flexibility index (Phi) is 1.69. The van der Waals surface area contributed by atoms with E-state index in [4.69, 9.17) is 11.7 Å². The SMILES string of the molecule is NNc1nc(NN)c2[nH]c[nH+]c2n1. The van der Waals surface area contributed by atoms with E-state index in [2.05, 4.69) is 30.8 Å². The Balaban J connectivity index is 2.70. The monoisotopic (exact) mass is 181 g/mol. The molecule has 0 spiro atoms. The number of nitrogen functional groups attached to an aromatic ring is 2. The molecule has 0 saturated carbocycles. The van der Waals surface area contributed by atoms with Crippen molar-refractivity contribution in [1.82, 2.24) is 15.0 Å². The van der Waals surface area contributed by atoms with E-state index in [0.29, 0.717) is 17.0 Å². The molecule has 0 amide bonds. The summed E-state index contributed by atoms with van der Waals surface area (Å²) in [5.41, 5.74) is 6.08. The number of hydrazine groups is 2. The molecule has 0 unspecified atom stereocenters. The second-order valence-electron chi connectivity index (χ2n) is 2.34. The zero-order chi connectivity index (χ0) is 9.26. The fourth-order valence-corrected chi connectivity index (χ4v) is 1.05. The van der Waals surface area contributed by atoms with Gasteiger partial charge in [-0.15, -0.1) is 0 Å². The summed E-state index contributed by atoms with van der Waals surface area (Å²) < 4.78 is 0. The molecule has 0 aliphatic carbocycles. The fourth-order valence-electron chi connectivity index (χ4n) is 1.05. The van der Waals surface area contributed by atoms with Crippen LogP contribution in [0.25, 0.3) is 11.2 Å². The van der Waals surface area contributed by atoms with Crippen LogP contribution in [0.1, 0.15) is 0 Å². The molecule has 2 rings (SSSR count). The summed E-state index contributed by atoms with van der Waals surface area (Å²) in [6.45, 7) is 0. The molecule has 0 fully saturated rings. The topological polar surface area (TPSA) is 132 Å². The van der Waals surface area contributed by atoms with Gasteiger partial charge < -0.3 is 5.43 Å². The van der Waals surface area contributed by atoms with Crippen LogP contribution in [0.2, 0.25) is 0 Å². The number of anilines is 2. The van der Waals surface area contributed by atoms with Gasteiger partial charge in [0.25, 0.3) is 0 Å². The second-order valence-corrected chi connectivity index (χ2v) is 2.34. The minimum absolute atomic E-state index is 0.288. The van der Waals surface area contributed by atoms with Crippen LogP contribution in [-0.2, 0) is 0 Å². The lowest BCUT2D eigenvalue weighted by Crippen LogP contribution is -2.15. The Morgan fingerprint density at radius 2 is 2.15 bits per heavy atom. The number of hydrogen-bond acceptors (Lipinski definition) is 6. The highest BCUT2D eigenvalue weighted by atomic mass is 15.3. The number of nitrogens with two attached hydrogens (primary N) is 2. The zero-order valence-corrected chi connectivity index (χ0v) is 6.63. The normalized spacial score (nSPS) is 10.3. The number of aromatic nitrogens is 4. The van der Waals surface area contributed by atoms with Gasteiger partial charge in [0.1, 0.15) is 0 Å².